The lowest BCUT2D eigenvalue weighted by Gasteiger charge is -2.20. The summed E-state index contributed by atoms with van der Waals surface area (Å²) in [7, 11) is 1.55. The number of phenols is 1. The van der Waals surface area contributed by atoms with Crippen molar-refractivity contribution >= 4 is 0 Å². The standard InChI is InChI=1S/C17H23NO3/c1-10-8-15(13(4)21-10)12(3)18-11(2)14-6-7-16(19)17(9-14)20-5/h6-9,11-12,18-19H,1-5H3. The Morgan fingerprint density at radius 3 is 2.43 bits per heavy atom. The van der Waals surface area contributed by atoms with Crippen molar-refractivity contribution in [2.75, 3.05) is 7.11 Å². The molecule has 114 valence electrons. The Labute approximate surface area is 125 Å². The Bertz CT molecular complexity index is 618. The van der Waals surface area contributed by atoms with E-state index in [4.69, 9.17) is 9.15 Å². The van der Waals surface area contributed by atoms with E-state index in [2.05, 4.69) is 25.2 Å². The molecule has 2 N–H and O–H groups in total. The number of methoxy groups -OCH3 is 1. The molecule has 2 aromatic rings. The molecule has 2 atom stereocenters. The van der Waals surface area contributed by atoms with Gasteiger partial charge in [0.25, 0.3) is 0 Å². The van der Waals surface area contributed by atoms with Gasteiger partial charge in [0.05, 0.1) is 7.11 Å². The molecule has 0 bridgehead atoms. The second-order valence-corrected chi connectivity index (χ2v) is 5.41. The van der Waals surface area contributed by atoms with Crippen LogP contribution in [0.2, 0.25) is 0 Å². The Morgan fingerprint density at radius 1 is 1.14 bits per heavy atom. The molecule has 0 spiro atoms. The lowest BCUT2D eigenvalue weighted by Crippen LogP contribution is -2.22. The number of hydrogen-bond donors (Lipinski definition) is 2. The number of nitrogens with one attached hydrogen (secondary N) is 1. The molecule has 4 nitrogen and oxygen atoms in total. The van der Waals surface area contributed by atoms with E-state index in [1.54, 1.807) is 13.2 Å². The molecule has 0 saturated heterocycles. The first-order valence-electron chi connectivity index (χ1n) is 7.12. The quantitative estimate of drug-likeness (QED) is 0.872. The van der Waals surface area contributed by atoms with Gasteiger partial charge in [-0.15, -0.1) is 0 Å². The van der Waals surface area contributed by atoms with Crippen molar-refractivity contribution in [1.29, 1.82) is 0 Å². The zero-order valence-corrected chi connectivity index (χ0v) is 13.2. The topological polar surface area (TPSA) is 54.6 Å². The van der Waals surface area contributed by atoms with Gasteiger partial charge in [0.15, 0.2) is 11.5 Å². The first-order chi connectivity index (χ1) is 9.92. The number of ether oxygens (including phenoxy) is 1. The van der Waals surface area contributed by atoms with Crippen LogP contribution in [0.3, 0.4) is 0 Å². The Balaban J connectivity index is 2.14. The largest absolute Gasteiger partial charge is 0.504 e. The third kappa shape index (κ3) is 3.39. The lowest BCUT2D eigenvalue weighted by molar-refractivity contribution is 0.371. The summed E-state index contributed by atoms with van der Waals surface area (Å²) < 4.78 is 10.7. The monoisotopic (exact) mass is 289 g/mol. The van der Waals surface area contributed by atoms with Crippen LogP contribution in [0.5, 0.6) is 11.5 Å². The molecule has 4 heteroatoms. The summed E-state index contributed by atoms with van der Waals surface area (Å²) in [4.78, 5) is 0. The molecule has 0 fully saturated rings. The number of aryl methyl sites for hydroxylation is 2. The summed E-state index contributed by atoms with van der Waals surface area (Å²) >= 11 is 0. The maximum atomic E-state index is 9.66. The van der Waals surface area contributed by atoms with Gasteiger partial charge in [-0.25, -0.2) is 0 Å². The van der Waals surface area contributed by atoms with Gasteiger partial charge in [0.1, 0.15) is 11.5 Å². The van der Waals surface area contributed by atoms with Crippen LogP contribution in [0.25, 0.3) is 0 Å². The van der Waals surface area contributed by atoms with Gasteiger partial charge in [-0.3, -0.25) is 0 Å². The van der Waals surface area contributed by atoms with Gasteiger partial charge < -0.3 is 19.6 Å². The minimum absolute atomic E-state index is 0.129. The summed E-state index contributed by atoms with van der Waals surface area (Å²) in [6.45, 7) is 8.14. The van der Waals surface area contributed by atoms with Crippen molar-refractivity contribution in [1.82, 2.24) is 5.32 Å². The maximum Gasteiger partial charge on any atom is 0.160 e. The molecule has 0 aliphatic carbocycles. The molecule has 1 aromatic heterocycles. The summed E-state index contributed by atoms with van der Waals surface area (Å²) in [5.41, 5.74) is 2.24. The molecule has 0 aliphatic rings. The van der Waals surface area contributed by atoms with Crippen LogP contribution in [0.1, 0.15) is 48.6 Å². The van der Waals surface area contributed by atoms with Crippen LogP contribution in [-0.2, 0) is 0 Å². The summed E-state index contributed by atoms with van der Waals surface area (Å²) in [5, 5.41) is 13.2. The van der Waals surface area contributed by atoms with E-state index < -0.39 is 0 Å². The van der Waals surface area contributed by atoms with E-state index in [1.165, 1.54) is 5.56 Å². The summed E-state index contributed by atoms with van der Waals surface area (Å²) in [6.07, 6.45) is 0. The van der Waals surface area contributed by atoms with E-state index in [1.807, 2.05) is 26.0 Å². The fraction of sp³-hybridized carbons (Fsp3) is 0.412. The van der Waals surface area contributed by atoms with Crippen molar-refractivity contribution in [3.05, 3.63) is 46.9 Å². The van der Waals surface area contributed by atoms with Crippen molar-refractivity contribution in [3.63, 3.8) is 0 Å². The second-order valence-electron chi connectivity index (χ2n) is 5.41. The third-order valence-electron chi connectivity index (χ3n) is 3.75. The van der Waals surface area contributed by atoms with E-state index in [9.17, 15) is 5.11 Å². The van der Waals surface area contributed by atoms with Crippen molar-refractivity contribution < 1.29 is 14.3 Å². The summed E-state index contributed by atoms with van der Waals surface area (Å²) in [6, 6.07) is 7.78. The van der Waals surface area contributed by atoms with E-state index in [0.29, 0.717) is 5.75 Å². The van der Waals surface area contributed by atoms with Crippen molar-refractivity contribution in [3.8, 4) is 11.5 Å². The van der Waals surface area contributed by atoms with Crippen molar-refractivity contribution in [2.24, 2.45) is 0 Å². The number of aromatic hydroxyl groups is 1. The molecule has 0 aliphatic heterocycles. The third-order valence-corrected chi connectivity index (χ3v) is 3.75. The van der Waals surface area contributed by atoms with Gasteiger partial charge in [-0.05, 0) is 51.5 Å². The van der Waals surface area contributed by atoms with Gasteiger partial charge in [0.2, 0.25) is 0 Å². The molecular formula is C17H23NO3. The Morgan fingerprint density at radius 2 is 1.86 bits per heavy atom. The average Bonchev–Trinajstić information content (AvgIpc) is 2.78. The molecule has 0 amide bonds. The van der Waals surface area contributed by atoms with Gasteiger partial charge in [-0.2, -0.15) is 0 Å². The molecular weight excluding hydrogens is 266 g/mol. The Hall–Kier alpha value is -1.94. The van der Waals surface area contributed by atoms with Crippen LogP contribution in [0, 0.1) is 13.8 Å². The molecule has 0 radical (unpaired) electrons. The van der Waals surface area contributed by atoms with Crippen LogP contribution < -0.4 is 10.1 Å². The number of benzene rings is 1. The smallest absolute Gasteiger partial charge is 0.160 e. The summed E-state index contributed by atoms with van der Waals surface area (Å²) in [5.74, 6) is 2.52. The number of furan rings is 1. The Kier molecular flexibility index (Phi) is 4.58. The fourth-order valence-corrected chi connectivity index (χ4v) is 2.60. The maximum absolute atomic E-state index is 9.66. The fourth-order valence-electron chi connectivity index (χ4n) is 2.60. The second kappa shape index (κ2) is 6.22. The molecule has 1 heterocycles. The number of phenolic OH excluding ortho intramolecular Hbond substituents is 1. The highest BCUT2D eigenvalue weighted by Crippen LogP contribution is 2.30. The predicted octanol–water partition coefficient (Wildman–Crippen LogP) is 4.02. The molecule has 2 rings (SSSR count). The van der Waals surface area contributed by atoms with E-state index in [-0.39, 0.29) is 17.8 Å². The molecule has 2 unspecified atom stereocenters. The zero-order chi connectivity index (χ0) is 15.6. The SMILES string of the molecule is COc1cc(C(C)NC(C)c2cc(C)oc2C)ccc1O. The van der Waals surface area contributed by atoms with E-state index >= 15 is 0 Å². The van der Waals surface area contributed by atoms with Crippen LogP contribution in [0.15, 0.2) is 28.7 Å². The van der Waals surface area contributed by atoms with Gasteiger partial charge in [-0.1, -0.05) is 6.07 Å². The first-order valence-corrected chi connectivity index (χ1v) is 7.12. The number of hydrogen-bond acceptors (Lipinski definition) is 4. The van der Waals surface area contributed by atoms with Crippen LogP contribution >= 0.6 is 0 Å². The number of rotatable bonds is 5. The molecule has 0 saturated carbocycles. The van der Waals surface area contributed by atoms with Gasteiger partial charge in [0, 0.05) is 17.6 Å². The minimum atomic E-state index is 0.129. The molecule has 1 aromatic carbocycles. The highest BCUT2D eigenvalue weighted by atomic mass is 16.5. The highest BCUT2D eigenvalue weighted by Gasteiger charge is 2.16. The van der Waals surface area contributed by atoms with Crippen LogP contribution in [0.4, 0.5) is 0 Å². The lowest BCUT2D eigenvalue weighted by atomic mass is 10.0. The van der Waals surface area contributed by atoms with Crippen molar-refractivity contribution in [2.45, 2.75) is 39.8 Å². The molecule has 21 heavy (non-hydrogen) atoms. The van der Waals surface area contributed by atoms with Gasteiger partial charge >= 0.3 is 0 Å². The van der Waals surface area contributed by atoms with Crippen LogP contribution in [-0.4, -0.2) is 12.2 Å². The first kappa shape index (κ1) is 15.4. The zero-order valence-electron chi connectivity index (χ0n) is 13.2. The highest BCUT2D eigenvalue weighted by molar-refractivity contribution is 5.42. The predicted molar refractivity (Wildman–Crippen MR) is 82.8 cm³/mol. The normalized spacial score (nSPS) is 14.0. The minimum Gasteiger partial charge on any atom is -0.504 e. The van der Waals surface area contributed by atoms with E-state index in [0.717, 1.165) is 17.1 Å². The average molecular weight is 289 g/mol.